The van der Waals surface area contributed by atoms with Crippen molar-refractivity contribution in [2.45, 2.75) is 12.6 Å². The standard InChI is InChI=1S/C16H16FN3OS/c17-13-4-2-1-3-11(13)5-19-6-12-7-20(8-15(12)19)16(21)14-9-22-10-18-14/h1-4,9-10,12,15H,5-8H2/t12-,15-/m0/s1. The lowest BCUT2D eigenvalue weighted by Crippen LogP contribution is -2.54. The topological polar surface area (TPSA) is 36.4 Å². The summed E-state index contributed by atoms with van der Waals surface area (Å²) in [6.45, 7) is 3.05. The summed E-state index contributed by atoms with van der Waals surface area (Å²) in [7, 11) is 0. The van der Waals surface area contributed by atoms with Crippen LogP contribution in [0, 0.1) is 11.7 Å². The number of hydrogen-bond acceptors (Lipinski definition) is 4. The maximum atomic E-state index is 13.7. The zero-order valence-corrected chi connectivity index (χ0v) is 12.8. The smallest absolute Gasteiger partial charge is 0.273 e. The van der Waals surface area contributed by atoms with Crippen LogP contribution in [0.3, 0.4) is 0 Å². The molecule has 2 aliphatic heterocycles. The van der Waals surface area contributed by atoms with Crippen LogP contribution >= 0.6 is 11.3 Å². The second kappa shape index (κ2) is 5.44. The van der Waals surface area contributed by atoms with E-state index in [1.54, 1.807) is 17.0 Å². The maximum absolute atomic E-state index is 13.7. The molecule has 6 heteroatoms. The summed E-state index contributed by atoms with van der Waals surface area (Å²) >= 11 is 1.44. The molecule has 0 radical (unpaired) electrons. The minimum atomic E-state index is -0.153. The average molecular weight is 317 g/mol. The van der Waals surface area contributed by atoms with E-state index in [4.69, 9.17) is 0 Å². The Morgan fingerprint density at radius 1 is 1.32 bits per heavy atom. The van der Waals surface area contributed by atoms with Crippen molar-refractivity contribution in [1.82, 2.24) is 14.8 Å². The molecule has 0 saturated carbocycles. The van der Waals surface area contributed by atoms with Crippen molar-refractivity contribution in [3.05, 3.63) is 52.2 Å². The molecule has 2 atom stereocenters. The highest BCUT2D eigenvalue weighted by Crippen LogP contribution is 2.34. The Kier molecular flexibility index (Phi) is 3.43. The van der Waals surface area contributed by atoms with Gasteiger partial charge in [0.2, 0.25) is 0 Å². The number of likely N-dealkylation sites (tertiary alicyclic amines) is 2. The van der Waals surface area contributed by atoms with Crippen molar-refractivity contribution in [3.8, 4) is 0 Å². The number of fused-ring (bicyclic) bond motifs is 1. The molecular weight excluding hydrogens is 301 g/mol. The Bertz CT molecular complexity index is 690. The van der Waals surface area contributed by atoms with E-state index in [0.29, 0.717) is 24.2 Å². The van der Waals surface area contributed by atoms with Gasteiger partial charge in [-0.15, -0.1) is 11.3 Å². The molecule has 0 N–H and O–H groups in total. The molecule has 2 aliphatic rings. The van der Waals surface area contributed by atoms with Gasteiger partial charge in [-0.3, -0.25) is 9.69 Å². The van der Waals surface area contributed by atoms with Crippen molar-refractivity contribution in [3.63, 3.8) is 0 Å². The van der Waals surface area contributed by atoms with Crippen LogP contribution in [-0.4, -0.2) is 46.4 Å². The lowest BCUT2D eigenvalue weighted by Gasteiger charge is -2.43. The third kappa shape index (κ3) is 2.32. The molecule has 114 valence electrons. The Morgan fingerprint density at radius 2 is 2.18 bits per heavy atom. The maximum Gasteiger partial charge on any atom is 0.273 e. The molecule has 0 bridgehead atoms. The van der Waals surface area contributed by atoms with Crippen LogP contribution in [0.4, 0.5) is 4.39 Å². The largest absolute Gasteiger partial charge is 0.335 e. The lowest BCUT2D eigenvalue weighted by molar-refractivity contribution is 0.0423. The van der Waals surface area contributed by atoms with Crippen LogP contribution in [-0.2, 0) is 6.54 Å². The zero-order chi connectivity index (χ0) is 15.1. The molecule has 0 unspecified atom stereocenters. The fraction of sp³-hybridized carbons (Fsp3) is 0.375. The number of carbonyl (C=O) groups is 1. The highest BCUT2D eigenvalue weighted by Gasteiger charge is 2.47. The summed E-state index contributed by atoms with van der Waals surface area (Å²) in [5, 5.41) is 1.79. The van der Waals surface area contributed by atoms with Crippen LogP contribution < -0.4 is 0 Å². The number of thiazole rings is 1. The minimum absolute atomic E-state index is 0.0153. The van der Waals surface area contributed by atoms with E-state index in [-0.39, 0.29) is 11.7 Å². The van der Waals surface area contributed by atoms with Crippen molar-refractivity contribution < 1.29 is 9.18 Å². The molecule has 0 spiro atoms. The minimum Gasteiger partial charge on any atom is -0.335 e. The molecule has 2 fully saturated rings. The number of rotatable bonds is 3. The number of aromatic nitrogens is 1. The molecular formula is C16H16FN3OS. The molecule has 3 heterocycles. The normalized spacial score (nSPS) is 24.1. The molecule has 2 aromatic rings. The molecule has 22 heavy (non-hydrogen) atoms. The van der Waals surface area contributed by atoms with Gasteiger partial charge in [0, 0.05) is 49.1 Å². The van der Waals surface area contributed by atoms with Crippen molar-refractivity contribution in [2.24, 2.45) is 5.92 Å². The number of carbonyl (C=O) groups excluding carboxylic acids is 1. The molecule has 0 aliphatic carbocycles. The van der Waals surface area contributed by atoms with E-state index < -0.39 is 0 Å². The van der Waals surface area contributed by atoms with Gasteiger partial charge in [0.25, 0.3) is 5.91 Å². The first kappa shape index (κ1) is 13.8. The molecule has 4 nitrogen and oxygen atoms in total. The van der Waals surface area contributed by atoms with E-state index in [1.807, 2.05) is 17.0 Å². The van der Waals surface area contributed by atoms with Crippen LogP contribution in [0.25, 0.3) is 0 Å². The Hall–Kier alpha value is -1.79. The summed E-state index contributed by atoms with van der Waals surface area (Å²) in [5.74, 6) is 0.371. The molecule has 2 saturated heterocycles. The van der Waals surface area contributed by atoms with Crippen LogP contribution in [0.1, 0.15) is 16.1 Å². The second-order valence-electron chi connectivity index (χ2n) is 5.93. The third-order valence-corrected chi connectivity index (χ3v) is 5.20. The Labute approximate surface area is 132 Å². The van der Waals surface area contributed by atoms with Gasteiger partial charge in [0.1, 0.15) is 11.5 Å². The van der Waals surface area contributed by atoms with Crippen molar-refractivity contribution >= 4 is 17.2 Å². The number of hydrogen-bond donors (Lipinski definition) is 0. The summed E-state index contributed by atoms with van der Waals surface area (Å²) in [4.78, 5) is 20.6. The van der Waals surface area contributed by atoms with Gasteiger partial charge < -0.3 is 4.90 Å². The van der Waals surface area contributed by atoms with Gasteiger partial charge in [-0.25, -0.2) is 9.37 Å². The Balaban J connectivity index is 1.41. The third-order valence-electron chi connectivity index (χ3n) is 4.61. The molecule has 1 aromatic carbocycles. The first-order valence-electron chi connectivity index (χ1n) is 7.37. The van der Waals surface area contributed by atoms with Gasteiger partial charge in [-0.1, -0.05) is 18.2 Å². The SMILES string of the molecule is O=C(c1cscn1)N1C[C@@H]2CN(Cc3ccccc3F)[C@H]2C1. The van der Waals surface area contributed by atoms with E-state index >= 15 is 0 Å². The summed E-state index contributed by atoms with van der Waals surface area (Å²) in [5.41, 5.74) is 2.94. The lowest BCUT2D eigenvalue weighted by atomic mass is 9.91. The van der Waals surface area contributed by atoms with Crippen LogP contribution in [0.15, 0.2) is 35.2 Å². The van der Waals surface area contributed by atoms with E-state index in [0.717, 1.165) is 25.2 Å². The first-order valence-corrected chi connectivity index (χ1v) is 8.31. The average Bonchev–Trinajstić information content (AvgIpc) is 3.14. The number of halogens is 1. The zero-order valence-electron chi connectivity index (χ0n) is 12.0. The fourth-order valence-electron chi connectivity index (χ4n) is 3.42. The highest BCUT2D eigenvalue weighted by atomic mass is 32.1. The number of benzene rings is 1. The predicted octanol–water partition coefficient (Wildman–Crippen LogP) is 2.24. The van der Waals surface area contributed by atoms with Gasteiger partial charge in [0.05, 0.1) is 5.51 Å². The van der Waals surface area contributed by atoms with E-state index in [2.05, 4.69) is 9.88 Å². The van der Waals surface area contributed by atoms with Gasteiger partial charge in [-0.05, 0) is 6.07 Å². The van der Waals surface area contributed by atoms with E-state index in [9.17, 15) is 9.18 Å². The summed E-state index contributed by atoms with van der Waals surface area (Å²) in [6, 6.07) is 7.25. The summed E-state index contributed by atoms with van der Waals surface area (Å²) in [6.07, 6.45) is 0. The van der Waals surface area contributed by atoms with Gasteiger partial charge in [0.15, 0.2) is 0 Å². The quantitative estimate of drug-likeness (QED) is 0.871. The molecule has 4 rings (SSSR count). The fourth-order valence-corrected chi connectivity index (χ4v) is 3.94. The van der Waals surface area contributed by atoms with Gasteiger partial charge >= 0.3 is 0 Å². The van der Waals surface area contributed by atoms with Crippen LogP contribution in [0.5, 0.6) is 0 Å². The van der Waals surface area contributed by atoms with Crippen molar-refractivity contribution in [1.29, 1.82) is 0 Å². The monoisotopic (exact) mass is 317 g/mol. The molecule has 1 amide bonds. The van der Waals surface area contributed by atoms with E-state index in [1.165, 1.54) is 17.4 Å². The van der Waals surface area contributed by atoms with Gasteiger partial charge in [-0.2, -0.15) is 0 Å². The highest BCUT2D eigenvalue weighted by molar-refractivity contribution is 7.07. The number of amides is 1. The first-order chi connectivity index (χ1) is 10.7. The predicted molar refractivity (Wildman–Crippen MR) is 82.1 cm³/mol. The number of nitrogens with zero attached hydrogens (tertiary/aromatic N) is 3. The summed E-state index contributed by atoms with van der Waals surface area (Å²) < 4.78 is 13.7. The second-order valence-corrected chi connectivity index (χ2v) is 6.65. The van der Waals surface area contributed by atoms with Crippen LogP contribution in [0.2, 0.25) is 0 Å². The van der Waals surface area contributed by atoms with Crippen molar-refractivity contribution in [2.75, 3.05) is 19.6 Å². The Morgan fingerprint density at radius 3 is 2.95 bits per heavy atom. The molecule has 1 aromatic heterocycles.